The predicted molar refractivity (Wildman–Crippen MR) is 121 cm³/mol. The number of hydrogen-bond donors (Lipinski definition) is 0. The zero-order chi connectivity index (χ0) is 21.4. The molecule has 0 spiro atoms. The lowest BCUT2D eigenvalue weighted by Crippen LogP contribution is -2.49. The lowest BCUT2D eigenvalue weighted by molar-refractivity contribution is -0.140. The first-order valence-electron chi connectivity index (χ1n) is 10.5. The molecular weight excluding hydrogens is 386 g/mol. The van der Waals surface area contributed by atoms with Gasteiger partial charge in [-0.25, -0.2) is 4.98 Å². The normalized spacial score (nSPS) is 18.2. The van der Waals surface area contributed by atoms with Crippen LogP contribution in [0.15, 0.2) is 89.7 Å². The first-order valence-corrected chi connectivity index (χ1v) is 10.5. The highest BCUT2D eigenvalue weighted by atomic mass is 16.2. The highest BCUT2D eigenvalue weighted by Gasteiger charge is 2.39. The number of nitrogens with zero attached hydrogens (tertiary/aromatic N) is 3. The standard InChI is InChI=1S/C26H23N3O2/c1-18-25(30)28(17-20-12-6-3-7-13-20)23(16-19-10-4-2-5-11-19)24-27-22-15-9-8-14-21(22)26(31)29(18)24/h2-15,18,23H,16-17H2,1H3/t18-,23-/m0/s1. The Morgan fingerprint density at radius 3 is 2.13 bits per heavy atom. The fraction of sp³-hybridized carbons (Fsp3) is 0.192. The number of carbonyl (C=O) groups is 1. The van der Waals surface area contributed by atoms with E-state index in [2.05, 4.69) is 0 Å². The maximum absolute atomic E-state index is 13.5. The van der Waals surface area contributed by atoms with Crippen molar-refractivity contribution in [3.05, 3.63) is 112 Å². The molecule has 5 rings (SSSR count). The van der Waals surface area contributed by atoms with E-state index in [1.165, 1.54) is 0 Å². The Hall–Kier alpha value is -3.73. The molecule has 2 heterocycles. The first kappa shape index (κ1) is 19.2. The lowest BCUT2D eigenvalue weighted by atomic mass is 9.98. The molecule has 1 amide bonds. The van der Waals surface area contributed by atoms with Crippen LogP contribution >= 0.6 is 0 Å². The summed E-state index contributed by atoms with van der Waals surface area (Å²) in [5.74, 6) is 0.590. The molecule has 0 aliphatic carbocycles. The summed E-state index contributed by atoms with van der Waals surface area (Å²) in [7, 11) is 0. The van der Waals surface area contributed by atoms with Crippen molar-refractivity contribution in [3.63, 3.8) is 0 Å². The summed E-state index contributed by atoms with van der Waals surface area (Å²) >= 11 is 0. The van der Waals surface area contributed by atoms with Crippen molar-refractivity contribution in [3.8, 4) is 0 Å². The molecule has 2 atom stereocenters. The molecule has 5 heteroatoms. The van der Waals surface area contributed by atoms with Crippen LogP contribution in [0.4, 0.5) is 0 Å². The second-order valence-corrected chi connectivity index (χ2v) is 8.00. The molecule has 0 bridgehead atoms. The fourth-order valence-corrected chi connectivity index (χ4v) is 4.42. The molecule has 0 radical (unpaired) electrons. The number of carbonyl (C=O) groups excluding carboxylic acids is 1. The Morgan fingerprint density at radius 1 is 0.806 bits per heavy atom. The number of fused-ring (bicyclic) bond motifs is 2. The minimum atomic E-state index is -0.602. The molecule has 1 aromatic heterocycles. The van der Waals surface area contributed by atoms with Crippen molar-refractivity contribution in [2.45, 2.75) is 32.0 Å². The van der Waals surface area contributed by atoms with Crippen molar-refractivity contribution in [2.75, 3.05) is 0 Å². The summed E-state index contributed by atoms with van der Waals surface area (Å²) in [5, 5.41) is 0.542. The largest absolute Gasteiger partial charge is 0.326 e. The number of aromatic nitrogens is 2. The summed E-state index contributed by atoms with van der Waals surface area (Å²) in [6.07, 6.45) is 0.594. The molecule has 0 saturated heterocycles. The summed E-state index contributed by atoms with van der Waals surface area (Å²) in [5.41, 5.74) is 2.66. The SMILES string of the molecule is C[C@H]1C(=O)N(Cc2ccccc2)[C@@H](Cc2ccccc2)c2nc3ccccc3c(=O)n21. The van der Waals surface area contributed by atoms with Gasteiger partial charge in [0.2, 0.25) is 5.91 Å². The number of hydrogen-bond acceptors (Lipinski definition) is 3. The van der Waals surface area contributed by atoms with Crippen LogP contribution in [0, 0.1) is 0 Å². The molecule has 0 N–H and O–H groups in total. The molecule has 0 unspecified atom stereocenters. The molecule has 5 nitrogen and oxygen atoms in total. The second kappa shape index (κ2) is 7.84. The van der Waals surface area contributed by atoms with E-state index >= 15 is 0 Å². The van der Waals surface area contributed by atoms with Crippen LogP contribution in [-0.2, 0) is 17.8 Å². The van der Waals surface area contributed by atoms with E-state index in [0.29, 0.717) is 29.7 Å². The number of amides is 1. The maximum atomic E-state index is 13.5. The highest BCUT2D eigenvalue weighted by Crippen LogP contribution is 2.34. The van der Waals surface area contributed by atoms with Gasteiger partial charge in [-0.1, -0.05) is 72.8 Å². The Balaban J connectivity index is 1.69. The molecule has 0 saturated carbocycles. The van der Waals surface area contributed by atoms with Crippen LogP contribution in [0.2, 0.25) is 0 Å². The van der Waals surface area contributed by atoms with E-state index in [4.69, 9.17) is 4.98 Å². The lowest BCUT2D eigenvalue weighted by Gasteiger charge is -2.40. The van der Waals surface area contributed by atoms with Gasteiger partial charge in [0.05, 0.1) is 16.9 Å². The monoisotopic (exact) mass is 409 g/mol. The molecule has 154 valence electrons. The van der Waals surface area contributed by atoms with Gasteiger partial charge in [-0.3, -0.25) is 14.2 Å². The Morgan fingerprint density at radius 2 is 1.42 bits per heavy atom. The van der Waals surface area contributed by atoms with Gasteiger partial charge in [-0.15, -0.1) is 0 Å². The molecule has 3 aromatic carbocycles. The van der Waals surface area contributed by atoms with E-state index in [1.807, 2.05) is 83.8 Å². The van der Waals surface area contributed by atoms with Crippen LogP contribution in [0.1, 0.15) is 36.0 Å². The summed E-state index contributed by atoms with van der Waals surface area (Å²) in [4.78, 5) is 33.6. The average Bonchev–Trinajstić information content (AvgIpc) is 2.81. The zero-order valence-corrected chi connectivity index (χ0v) is 17.3. The summed E-state index contributed by atoms with van der Waals surface area (Å²) in [6.45, 7) is 2.27. The van der Waals surface area contributed by atoms with Crippen LogP contribution in [0.5, 0.6) is 0 Å². The number of rotatable bonds is 4. The Bertz CT molecular complexity index is 1300. The van der Waals surface area contributed by atoms with Gasteiger partial charge in [0.1, 0.15) is 11.9 Å². The van der Waals surface area contributed by atoms with Gasteiger partial charge >= 0.3 is 0 Å². The first-order chi connectivity index (χ1) is 15.1. The van der Waals surface area contributed by atoms with E-state index in [9.17, 15) is 9.59 Å². The van der Waals surface area contributed by atoms with Gasteiger partial charge < -0.3 is 4.90 Å². The van der Waals surface area contributed by atoms with E-state index in [0.717, 1.165) is 11.1 Å². The number of benzene rings is 3. The van der Waals surface area contributed by atoms with Gasteiger partial charge in [0.15, 0.2) is 0 Å². The number of para-hydroxylation sites is 1. The highest BCUT2D eigenvalue weighted by molar-refractivity contribution is 5.83. The van der Waals surface area contributed by atoms with E-state index in [-0.39, 0.29) is 17.5 Å². The van der Waals surface area contributed by atoms with Gasteiger partial charge in [0.25, 0.3) is 5.56 Å². The maximum Gasteiger partial charge on any atom is 0.262 e. The fourth-order valence-electron chi connectivity index (χ4n) is 4.42. The zero-order valence-electron chi connectivity index (χ0n) is 17.3. The molecule has 1 aliphatic rings. The molecule has 1 aliphatic heterocycles. The van der Waals surface area contributed by atoms with Gasteiger partial charge in [-0.2, -0.15) is 0 Å². The van der Waals surface area contributed by atoms with Crippen LogP contribution in [0.3, 0.4) is 0 Å². The van der Waals surface area contributed by atoms with Crippen LogP contribution in [-0.4, -0.2) is 20.4 Å². The third-order valence-electron chi connectivity index (χ3n) is 6.00. The quantitative estimate of drug-likeness (QED) is 0.505. The smallest absolute Gasteiger partial charge is 0.262 e. The Labute approximate surface area is 180 Å². The minimum Gasteiger partial charge on any atom is -0.326 e. The predicted octanol–water partition coefficient (Wildman–Crippen LogP) is 4.28. The molecule has 4 aromatic rings. The van der Waals surface area contributed by atoms with Crippen molar-refractivity contribution >= 4 is 16.8 Å². The molecule has 0 fully saturated rings. The molecular formula is C26H23N3O2. The third-order valence-corrected chi connectivity index (χ3v) is 6.00. The van der Waals surface area contributed by atoms with E-state index < -0.39 is 6.04 Å². The van der Waals surface area contributed by atoms with Crippen molar-refractivity contribution in [2.24, 2.45) is 0 Å². The van der Waals surface area contributed by atoms with Gasteiger partial charge in [0, 0.05) is 13.0 Å². The van der Waals surface area contributed by atoms with E-state index in [1.54, 1.807) is 17.6 Å². The second-order valence-electron chi connectivity index (χ2n) is 8.00. The van der Waals surface area contributed by atoms with Crippen molar-refractivity contribution < 1.29 is 4.79 Å². The van der Waals surface area contributed by atoms with Crippen LogP contribution in [0.25, 0.3) is 10.9 Å². The van der Waals surface area contributed by atoms with Crippen molar-refractivity contribution in [1.82, 2.24) is 14.5 Å². The summed E-state index contributed by atoms with van der Waals surface area (Å²) in [6, 6.07) is 26.4. The third kappa shape index (κ3) is 3.42. The minimum absolute atomic E-state index is 0.0588. The Kier molecular flexibility index (Phi) is 4.86. The average molecular weight is 409 g/mol. The molecule has 31 heavy (non-hydrogen) atoms. The topological polar surface area (TPSA) is 55.2 Å². The van der Waals surface area contributed by atoms with Crippen molar-refractivity contribution in [1.29, 1.82) is 0 Å². The van der Waals surface area contributed by atoms with Crippen LogP contribution < -0.4 is 5.56 Å². The summed E-state index contributed by atoms with van der Waals surface area (Å²) < 4.78 is 1.60. The van der Waals surface area contributed by atoms with Gasteiger partial charge in [-0.05, 0) is 30.2 Å².